The third kappa shape index (κ3) is 7.30. The second kappa shape index (κ2) is 10.1. The summed E-state index contributed by atoms with van der Waals surface area (Å²) in [7, 11) is -3.69. The predicted octanol–water partition coefficient (Wildman–Crippen LogP) is 4.14. The van der Waals surface area contributed by atoms with Crippen molar-refractivity contribution in [2.45, 2.75) is 44.6 Å². The molecular weight excluding hydrogens is 442 g/mol. The minimum Gasteiger partial charge on any atom is -0.508 e. The van der Waals surface area contributed by atoms with Crippen LogP contribution in [-0.2, 0) is 14.6 Å². The van der Waals surface area contributed by atoms with Gasteiger partial charge in [-0.2, -0.15) is 0 Å². The predicted molar refractivity (Wildman–Crippen MR) is 117 cm³/mol. The number of nitrogens with one attached hydrogen (secondary N) is 1. The first-order chi connectivity index (χ1) is 14.8. The molecule has 2 aromatic rings. The van der Waals surface area contributed by atoms with Crippen LogP contribution >= 0.6 is 0 Å². The monoisotopic (exact) mass is 468 g/mol. The van der Waals surface area contributed by atoms with Crippen molar-refractivity contribution in [1.82, 2.24) is 5.32 Å². The lowest BCUT2D eigenvalue weighted by atomic mass is 10.1. The zero-order valence-corrected chi connectivity index (χ0v) is 19.0. The molecule has 10 heteroatoms. The summed E-state index contributed by atoms with van der Waals surface area (Å²) in [6, 6.07) is 10.5. The molecule has 1 heterocycles. The van der Waals surface area contributed by atoms with Crippen LogP contribution in [0.4, 0.5) is 13.6 Å². The molecule has 174 valence electrons. The second-order valence-corrected chi connectivity index (χ2v) is 10.5. The molecule has 0 aliphatic carbocycles. The summed E-state index contributed by atoms with van der Waals surface area (Å²) in [4.78, 5) is 16.1. The van der Waals surface area contributed by atoms with Gasteiger partial charge in [-0.1, -0.05) is 24.3 Å². The fourth-order valence-corrected chi connectivity index (χ4v) is 4.19. The smallest absolute Gasteiger partial charge is 0.413 e. The van der Waals surface area contributed by atoms with Gasteiger partial charge in [-0.3, -0.25) is 10.3 Å². The lowest BCUT2D eigenvalue weighted by molar-refractivity contribution is 0.0562. The van der Waals surface area contributed by atoms with Crippen molar-refractivity contribution >= 4 is 21.8 Å². The SMILES string of the molecule is CC1C(NC(=O)OC(C)(C)C)=NC(c2ccc(F)cc2F)CS1(=O)=O.Oc1ccccc1. The molecule has 2 unspecified atom stereocenters. The lowest BCUT2D eigenvalue weighted by Gasteiger charge is -2.27. The number of halogens is 2. The molecule has 0 saturated heterocycles. The zero-order valence-electron chi connectivity index (χ0n) is 18.2. The Hall–Kier alpha value is -3.01. The average molecular weight is 469 g/mol. The van der Waals surface area contributed by atoms with Gasteiger partial charge in [-0.25, -0.2) is 22.0 Å². The number of aliphatic imine (C=N–C) groups is 1. The molecule has 1 amide bonds. The van der Waals surface area contributed by atoms with Crippen LogP contribution < -0.4 is 5.32 Å². The quantitative estimate of drug-likeness (QED) is 0.655. The highest BCUT2D eigenvalue weighted by Crippen LogP contribution is 2.28. The van der Waals surface area contributed by atoms with Crippen LogP contribution in [0, 0.1) is 11.6 Å². The Morgan fingerprint density at radius 1 is 1.16 bits per heavy atom. The van der Waals surface area contributed by atoms with Crippen molar-refractivity contribution in [1.29, 1.82) is 0 Å². The topological polar surface area (TPSA) is 105 Å². The first kappa shape index (κ1) is 25.3. The lowest BCUT2D eigenvalue weighted by Crippen LogP contribution is -2.47. The molecule has 2 atom stereocenters. The Kier molecular flexibility index (Phi) is 7.95. The van der Waals surface area contributed by atoms with E-state index in [-0.39, 0.29) is 11.4 Å². The number of hydrogen-bond donors (Lipinski definition) is 2. The summed E-state index contributed by atoms with van der Waals surface area (Å²) in [6.45, 7) is 6.35. The summed E-state index contributed by atoms with van der Waals surface area (Å²) < 4.78 is 56.8. The minimum atomic E-state index is -3.69. The Morgan fingerprint density at radius 2 is 1.78 bits per heavy atom. The van der Waals surface area contributed by atoms with Crippen molar-refractivity contribution < 1.29 is 31.8 Å². The molecule has 2 aromatic carbocycles. The Labute approximate surface area is 186 Å². The van der Waals surface area contributed by atoms with E-state index in [0.717, 1.165) is 12.1 Å². The van der Waals surface area contributed by atoms with Crippen LogP contribution in [0.25, 0.3) is 0 Å². The largest absolute Gasteiger partial charge is 0.508 e. The summed E-state index contributed by atoms with van der Waals surface area (Å²) in [5, 5.41) is 9.89. The van der Waals surface area contributed by atoms with Crippen LogP contribution in [0.3, 0.4) is 0 Å². The molecule has 0 radical (unpaired) electrons. The number of sulfone groups is 1. The van der Waals surface area contributed by atoms with E-state index in [1.54, 1.807) is 45.0 Å². The summed E-state index contributed by atoms with van der Waals surface area (Å²) in [6.07, 6.45) is -0.853. The van der Waals surface area contributed by atoms with Gasteiger partial charge in [-0.05, 0) is 45.9 Å². The van der Waals surface area contributed by atoms with E-state index in [1.165, 1.54) is 6.92 Å². The zero-order chi connectivity index (χ0) is 24.1. The molecule has 0 saturated carbocycles. The number of alkyl carbamates (subject to hydrolysis) is 1. The number of amides is 1. The Balaban J connectivity index is 0.000000439. The molecule has 0 bridgehead atoms. The van der Waals surface area contributed by atoms with Crippen molar-refractivity contribution in [2.24, 2.45) is 4.99 Å². The molecule has 0 fully saturated rings. The van der Waals surface area contributed by atoms with Crippen molar-refractivity contribution in [3.63, 3.8) is 0 Å². The molecule has 1 aliphatic heterocycles. The van der Waals surface area contributed by atoms with E-state index in [2.05, 4.69) is 10.3 Å². The van der Waals surface area contributed by atoms with Gasteiger partial charge in [0.2, 0.25) is 0 Å². The molecule has 7 nitrogen and oxygen atoms in total. The molecule has 1 aliphatic rings. The van der Waals surface area contributed by atoms with E-state index >= 15 is 0 Å². The van der Waals surface area contributed by atoms with Gasteiger partial charge in [0.25, 0.3) is 0 Å². The molecular formula is C22H26F2N2O5S. The number of aromatic hydroxyl groups is 1. The van der Waals surface area contributed by atoms with E-state index in [0.29, 0.717) is 11.8 Å². The summed E-state index contributed by atoms with van der Waals surface area (Å²) in [5.74, 6) is -1.91. The van der Waals surface area contributed by atoms with Crippen LogP contribution in [-0.4, -0.2) is 42.1 Å². The molecule has 32 heavy (non-hydrogen) atoms. The van der Waals surface area contributed by atoms with Gasteiger partial charge in [0.05, 0.1) is 11.8 Å². The maximum Gasteiger partial charge on any atom is 0.413 e. The third-order valence-corrected chi connectivity index (χ3v) is 6.40. The number of carbonyl (C=O) groups is 1. The van der Waals surface area contributed by atoms with E-state index < -0.39 is 50.2 Å². The number of rotatable bonds is 1. The fraction of sp³-hybridized carbons (Fsp3) is 0.364. The second-order valence-electron chi connectivity index (χ2n) is 8.13. The number of benzene rings is 2. The van der Waals surface area contributed by atoms with E-state index in [9.17, 15) is 22.0 Å². The van der Waals surface area contributed by atoms with Gasteiger partial charge in [-0.15, -0.1) is 0 Å². The van der Waals surface area contributed by atoms with Gasteiger partial charge in [0.15, 0.2) is 9.84 Å². The standard InChI is InChI=1S/C16H20F2N2O4S.C6H6O/c1-9-14(20-15(21)24-16(2,3)4)19-13(8-25(9,22)23)11-6-5-10(17)7-12(11)18;7-6-4-2-1-3-5-6/h5-7,9,13H,8H2,1-4H3,(H,19,20,21);1-5,7H. The van der Waals surface area contributed by atoms with Crippen LogP contribution in [0.1, 0.15) is 39.3 Å². The van der Waals surface area contributed by atoms with Crippen molar-refractivity contribution in [3.8, 4) is 5.75 Å². The number of phenolic OH excluding ortho intramolecular Hbond substituents is 1. The number of ether oxygens (including phenoxy) is 1. The molecule has 2 N–H and O–H groups in total. The van der Waals surface area contributed by atoms with Gasteiger partial charge in [0.1, 0.15) is 34.1 Å². The Bertz CT molecular complexity index is 1080. The highest BCUT2D eigenvalue weighted by molar-refractivity contribution is 7.92. The van der Waals surface area contributed by atoms with E-state index in [4.69, 9.17) is 9.84 Å². The minimum absolute atomic E-state index is 0.0552. The first-order valence-electron chi connectivity index (χ1n) is 9.77. The van der Waals surface area contributed by atoms with Gasteiger partial charge in [0, 0.05) is 11.6 Å². The molecule has 0 spiro atoms. The Morgan fingerprint density at radius 3 is 2.28 bits per heavy atom. The van der Waals surface area contributed by atoms with Crippen LogP contribution in [0.5, 0.6) is 5.75 Å². The number of hydrogen-bond acceptors (Lipinski definition) is 6. The molecule has 3 rings (SSSR count). The van der Waals surface area contributed by atoms with Crippen molar-refractivity contribution in [2.75, 3.05) is 5.75 Å². The normalized spacial score (nSPS) is 19.8. The number of carbonyl (C=O) groups excluding carboxylic acids is 1. The highest BCUT2D eigenvalue weighted by Gasteiger charge is 2.37. The van der Waals surface area contributed by atoms with Gasteiger partial charge < -0.3 is 9.84 Å². The summed E-state index contributed by atoms with van der Waals surface area (Å²) >= 11 is 0. The molecule has 0 aromatic heterocycles. The van der Waals surface area contributed by atoms with Crippen LogP contribution in [0.15, 0.2) is 53.5 Å². The fourth-order valence-electron chi connectivity index (χ4n) is 2.75. The number of para-hydroxylation sites is 1. The number of phenols is 1. The average Bonchev–Trinajstić information content (AvgIpc) is 2.65. The van der Waals surface area contributed by atoms with Crippen molar-refractivity contribution in [3.05, 3.63) is 65.7 Å². The van der Waals surface area contributed by atoms with Crippen LogP contribution in [0.2, 0.25) is 0 Å². The number of amidine groups is 1. The third-order valence-electron chi connectivity index (χ3n) is 4.32. The number of nitrogens with zero attached hydrogens (tertiary/aromatic N) is 1. The maximum atomic E-state index is 14.0. The summed E-state index contributed by atoms with van der Waals surface area (Å²) in [5.41, 5.74) is -0.829. The maximum absolute atomic E-state index is 14.0. The first-order valence-corrected chi connectivity index (χ1v) is 11.5. The van der Waals surface area contributed by atoms with Gasteiger partial charge >= 0.3 is 6.09 Å². The van der Waals surface area contributed by atoms with E-state index in [1.807, 2.05) is 6.07 Å². The highest BCUT2D eigenvalue weighted by atomic mass is 32.2.